The highest BCUT2D eigenvalue weighted by Crippen LogP contribution is 2.15. The molecule has 2 aromatic heterocycles. The number of carbonyl (C=O) groups excluding carboxylic acids is 2. The van der Waals surface area contributed by atoms with Crippen molar-refractivity contribution >= 4 is 29.1 Å². The molecule has 12 nitrogen and oxygen atoms in total. The maximum Gasteiger partial charge on any atom is 0.323 e. The van der Waals surface area contributed by atoms with E-state index < -0.39 is 23.7 Å². The molecule has 0 radical (unpaired) electrons. The molecule has 3 atom stereocenters. The number of nitrogens with zero attached hydrogens (tertiary/aromatic N) is 3. The molecular weight excluding hydrogens is 576 g/mol. The zero-order valence-corrected chi connectivity index (χ0v) is 27.9. The minimum Gasteiger partial charge on any atom is -0.463 e. The van der Waals surface area contributed by atoms with Crippen molar-refractivity contribution in [1.29, 1.82) is 0 Å². The Kier molecular flexibility index (Phi) is 19.1. The third-order valence-electron chi connectivity index (χ3n) is 8.30. The quantitative estimate of drug-likeness (QED) is 0.0850. The Morgan fingerprint density at radius 3 is 2.02 bits per heavy atom. The number of ether oxygens (including phenoxy) is 3. The minimum atomic E-state index is -0.764. The van der Waals surface area contributed by atoms with Gasteiger partial charge in [0.25, 0.3) is 5.56 Å². The Labute approximate surface area is 268 Å². The number of nitrogen functional groups attached to an aromatic ring is 1. The summed E-state index contributed by atoms with van der Waals surface area (Å²) in [6.07, 6.45) is 20.5. The number of hydrogen-bond acceptors (Lipinski definition) is 10. The second kappa shape index (κ2) is 22.5. The van der Waals surface area contributed by atoms with E-state index in [1.807, 2.05) is 13.8 Å². The molecule has 0 aliphatic rings. The number of nitrogens with two attached hydrogens (primary N) is 2. The third kappa shape index (κ3) is 15.2. The summed E-state index contributed by atoms with van der Waals surface area (Å²) in [5.41, 5.74) is 11.6. The van der Waals surface area contributed by atoms with Crippen LogP contribution in [0.2, 0.25) is 0 Å². The molecule has 256 valence electrons. The normalized spacial score (nSPS) is 13.5. The van der Waals surface area contributed by atoms with Gasteiger partial charge in [-0.1, -0.05) is 117 Å². The topological polar surface area (TPSA) is 177 Å². The molecule has 12 heteroatoms. The van der Waals surface area contributed by atoms with Crippen LogP contribution in [-0.2, 0) is 30.5 Å². The maximum atomic E-state index is 12.5. The van der Waals surface area contributed by atoms with Crippen LogP contribution in [0.3, 0.4) is 0 Å². The summed E-state index contributed by atoms with van der Waals surface area (Å²) >= 11 is 0. The van der Waals surface area contributed by atoms with Gasteiger partial charge >= 0.3 is 11.9 Å². The number of H-pyrrole nitrogens is 1. The lowest BCUT2D eigenvalue weighted by atomic mass is 10.0. The van der Waals surface area contributed by atoms with Crippen molar-refractivity contribution in [2.45, 2.75) is 149 Å². The van der Waals surface area contributed by atoms with Crippen molar-refractivity contribution in [3.8, 4) is 0 Å². The van der Waals surface area contributed by atoms with E-state index in [-0.39, 0.29) is 48.9 Å². The smallest absolute Gasteiger partial charge is 0.323 e. The predicted octanol–water partition coefficient (Wildman–Crippen LogP) is 5.77. The Bertz CT molecular complexity index is 1170. The van der Waals surface area contributed by atoms with Crippen molar-refractivity contribution in [2.75, 3.05) is 18.9 Å². The molecule has 0 bridgehead atoms. The van der Waals surface area contributed by atoms with Crippen molar-refractivity contribution in [2.24, 2.45) is 11.7 Å². The molecule has 0 aliphatic heterocycles. The van der Waals surface area contributed by atoms with Gasteiger partial charge in [-0.2, -0.15) is 4.98 Å². The van der Waals surface area contributed by atoms with Crippen molar-refractivity contribution in [3.63, 3.8) is 0 Å². The zero-order chi connectivity index (χ0) is 32.9. The van der Waals surface area contributed by atoms with Crippen LogP contribution in [0, 0.1) is 5.92 Å². The second-order valence-corrected chi connectivity index (χ2v) is 12.2. The van der Waals surface area contributed by atoms with Crippen LogP contribution in [0.1, 0.15) is 130 Å². The molecule has 0 amide bonds. The Morgan fingerprint density at radius 2 is 1.44 bits per heavy atom. The number of hydrogen-bond donors (Lipinski definition) is 3. The van der Waals surface area contributed by atoms with Crippen molar-refractivity contribution in [1.82, 2.24) is 19.5 Å². The van der Waals surface area contributed by atoms with Gasteiger partial charge in [-0.15, -0.1) is 0 Å². The molecule has 0 spiro atoms. The predicted molar refractivity (Wildman–Crippen MR) is 176 cm³/mol. The van der Waals surface area contributed by atoms with E-state index >= 15 is 0 Å². The van der Waals surface area contributed by atoms with E-state index in [1.54, 1.807) is 0 Å². The van der Waals surface area contributed by atoms with E-state index in [0.717, 1.165) is 25.7 Å². The highest BCUT2D eigenvalue weighted by atomic mass is 16.6. The largest absolute Gasteiger partial charge is 0.463 e. The summed E-state index contributed by atoms with van der Waals surface area (Å²) in [5.74, 6) is -0.964. The molecule has 2 rings (SSSR count). The van der Waals surface area contributed by atoms with Crippen LogP contribution in [0.25, 0.3) is 11.2 Å². The van der Waals surface area contributed by atoms with Crippen LogP contribution in [-0.4, -0.2) is 56.8 Å². The standard InChI is InChI=1S/C33H58N6O6/c1-4-6-7-8-9-10-11-12-13-14-15-16-17-18-19-20-27(40)43-21-26(22-44-32(42)28(34)25(3)5-2)45-24-39-23-36-29-30(39)37-33(35)38-31(29)41/h23,25-26,28H,4-22,24,34H2,1-3H3,(H3,35,37,38,41)/t25-,26?,28-/m0/s1. The van der Waals surface area contributed by atoms with Gasteiger partial charge in [0.15, 0.2) is 11.2 Å². The second-order valence-electron chi connectivity index (χ2n) is 12.2. The van der Waals surface area contributed by atoms with Crippen LogP contribution in [0.15, 0.2) is 11.1 Å². The highest BCUT2D eigenvalue weighted by Gasteiger charge is 2.23. The molecule has 0 fully saturated rings. The molecule has 2 heterocycles. The van der Waals surface area contributed by atoms with Crippen molar-refractivity contribution < 1.29 is 23.8 Å². The number of unbranched alkanes of at least 4 members (excludes halogenated alkanes) is 14. The van der Waals surface area contributed by atoms with Crippen molar-refractivity contribution in [3.05, 3.63) is 16.7 Å². The molecule has 0 aromatic carbocycles. The first kappa shape index (κ1) is 38.2. The van der Waals surface area contributed by atoms with Gasteiger partial charge in [-0.05, 0) is 12.3 Å². The number of fused-ring (bicyclic) bond motifs is 1. The van der Waals surface area contributed by atoms with E-state index in [0.29, 0.717) is 6.42 Å². The number of carbonyl (C=O) groups is 2. The van der Waals surface area contributed by atoms with E-state index in [9.17, 15) is 14.4 Å². The minimum absolute atomic E-state index is 0.0449. The lowest BCUT2D eigenvalue weighted by molar-refractivity contribution is -0.159. The first-order chi connectivity index (χ1) is 21.8. The molecule has 45 heavy (non-hydrogen) atoms. The molecule has 5 N–H and O–H groups in total. The SMILES string of the molecule is CCCCCCCCCCCCCCCCCC(=O)OCC(COC(=O)[C@@H](N)[C@@H](C)CC)OCn1cnc2c(=O)[nH]c(N)nc21. The summed E-state index contributed by atoms with van der Waals surface area (Å²) in [4.78, 5) is 47.6. The van der Waals surface area contributed by atoms with E-state index in [1.165, 1.54) is 87.9 Å². The van der Waals surface area contributed by atoms with Gasteiger partial charge in [-0.25, -0.2) is 4.98 Å². The monoisotopic (exact) mass is 634 g/mol. The lowest BCUT2D eigenvalue weighted by Crippen LogP contribution is -2.40. The fourth-order valence-corrected chi connectivity index (χ4v) is 5.05. The number of nitrogens with one attached hydrogen (secondary N) is 1. The van der Waals surface area contributed by atoms with E-state index in [4.69, 9.17) is 25.7 Å². The van der Waals surface area contributed by atoms with Gasteiger partial charge in [0.1, 0.15) is 32.1 Å². The molecular formula is C33H58N6O6. The summed E-state index contributed by atoms with van der Waals surface area (Å²) in [6, 6.07) is -0.764. The lowest BCUT2D eigenvalue weighted by Gasteiger charge is -2.21. The number of aromatic amines is 1. The first-order valence-corrected chi connectivity index (χ1v) is 17.2. The highest BCUT2D eigenvalue weighted by molar-refractivity contribution is 5.75. The van der Waals surface area contributed by atoms with Crippen LogP contribution in [0.5, 0.6) is 0 Å². The Hall–Kier alpha value is -2.99. The van der Waals surface area contributed by atoms with Gasteiger partial charge in [0.05, 0.1) is 6.33 Å². The van der Waals surface area contributed by atoms with Gasteiger partial charge in [-0.3, -0.25) is 23.9 Å². The fourth-order valence-electron chi connectivity index (χ4n) is 5.05. The summed E-state index contributed by atoms with van der Waals surface area (Å²) in [6.45, 7) is 5.74. The number of aromatic nitrogens is 4. The number of rotatable bonds is 26. The Morgan fingerprint density at radius 1 is 0.889 bits per heavy atom. The van der Waals surface area contributed by atoms with Gasteiger partial charge < -0.3 is 25.7 Å². The summed E-state index contributed by atoms with van der Waals surface area (Å²) < 4.78 is 18.3. The average Bonchev–Trinajstić information content (AvgIpc) is 3.44. The summed E-state index contributed by atoms with van der Waals surface area (Å²) in [7, 11) is 0. The van der Waals surface area contributed by atoms with Crippen LogP contribution < -0.4 is 17.0 Å². The third-order valence-corrected chi connectivity index (χ3v) is 8.30. The first-order valence-electron chi connectivity index (χ1n) is 17.2. The molecule has 1 unspecified atom stereocenters. The number of imidazole rings is 1. The van der Waals surface area contributed by atoms with E-state index in [2.05, 4.69) is 21.9 Å². The van der Waals surface area contributed by atoms with Gasteiger partial charge in [0.2, 0.25) is 5.95 Å². The zero-order valence-electron chi connectivity index (χ0n) is 27.9. The Balaban J connectivity index is 1.69. The molecule has 2 aromatic rings. The number of anilines is 1. The number of esters is 2. The van der Waals surface area contributed by atoms with Crippen LogP contribution >= 0.6 is 0 Å². The molecule has 0 saturated carbocycles. The maximum absolute atomic E-state index is 12.5. The fraction of sp³-hybridized carbons (Fsp3) is 0.788. The summed E-state index contributed by atoms with van der Waals surface area (Å²) in [5, 5.41) is 0. The van der Waals surface area contributed by atoms with Gasteiger partial charge in [0, 0.05) is 6.42 Å². The van der Waals surface area contributed by atoms with Crippen LogP contribution in [0.4, 0.5) is 5.95 Å². The molecule has 0 saturated heterocycles. The average molecular weight is 635 g/mol. The molecule has 0 aliphatic carbocycles.